The average Bonchev–Trinajstić information content (AvgIpc) is 2.73. The second kappa shape index (κ2) is 9.55. The van der Waals surface area contributed by atoms with Gasteiger partial charge in [-0.2, -0.15) is 0 Å². The van der Waals surface area contributed by atoms with E-state index in [9.17, 15) is 4.79 Å². The number of hydrogen-bond acceptors (Lipinski definition) is 3. The molecule has 3 aromatic rings. The summed E-state index contributed by atoms with van der Waals surface area (Å²) in [5.74, 6) is 0.849. The largest absolute Gasteiger partial charge is 0.496 e. The molecule has 4 heteroatoms. The molecule has 0 heterocycles. The van der Waals surface area contributed by atoms with E-state index in [1.807, 2.05) is 89.8 Å². The molecule has 138 valence electrons. The molecule has 0 unspecified atom stereocenters. The molecule has 0 saturated carbocycles. The number of methoxy groups -OCH3 is 1. The SMILES string of the molecule is COc1ccccc1CNCC(=O)N(Cc1ccccc1)c1ccccc1. The van der Waals surface area contributed by atoms with Crippen molar-refractivity contribution in [2.24, 2.45) is 0 Å². The Morgan fingerprint density at radius 1 is 0.889 bits per heavy atom. The van der Waals surface area contributed by atoms with Crippen LogP contribution >= 0.6 is 0 Å². The number of ether oxygens (including phenoxy) is 1. The van der Waals surface area contributed by atoms with Crippen LogP contribution in [0.3, 0.4) is 0 Å². The predicted molar refractivity (Wildman–Crippen MR) is 109 cm³/mol. The number of amides is 1. The Bertz CT molecular complexity index is 851. The minimum absolute atomic E-state index is 0.0277. The summed E-state index contributed by atoms with van der Waals surface area (Å²) in [5.41, 5.74) is 3.02. The summed E-state index contributed by atoms with van der Waals surface area (Å²) in [6.45, 7) is 1.36. The van der Waals surface area contributed by atoms with Gasteiger partial charge in [-0.25, -0.2) is 0 Å². The number of nitrogens with one attached hydrogen (secondary N) is 1. The molecule has 0 aromatic heterocycles. The van der Waals surface area contributed by atoms with Crippen molar-refractivity contribution < 1.29 is 9.53 Å². The Balaban J connectivity index is 1.67. The quantitative estimate of drug-likeness (QED) is 0.660. The van der Waals surface area contributed by atoms with E-state index >= 15 is 0 Å². The first-order valence-corrected chi connectivity index (χ1v) is 9.00. The monoisotopic (exact) mass is 360 g/mol. The fraction of sp³-hybridized carbons (Fsp3) is 0.174. The number of carbonyl (C=O) groups excluding carboxylic acids is 1. The van der Waals surface area contributed by atoms with Crippen LogP contribution in [0.1, 0.15) is 11.1 Å². The zero-order valence-electron chi connectivity index (χ0n) is 15.5. The summed E-state index contributed by atoms with van der Waals surface area (Å²) in [6, 6.07) is 27.6. The molecule has 0 aliphatic heterocycles. The fourth-order valence-corrected chi connectivity index (χ4v) is 2.95. The van der Waals surface area contributed by atoms with Gasteiger partial charge >= 0.3 is 0 Å². The van der Waals surface area contributed by atoms with Gasteiger partial charge in [-0.3, -0.25) is 4.79 Å². The second-order valence-electron chi connectivity index (χ2n) is 6.22. The lowest BCUT2D eigenvalue weighted by Gasteiger charge is -2.23. The smallest absolute Gasteiger partial charge is 0.241 e. The molecule has 0 spiro atoms. The van der Waals surface area contributed by atoms with Gasteiger partial charge in [0.05, 0.1) is 20.2 Å². The minimum atomic E-state index is 0.0277. The van der Waals surface area contributed by atoms with E-state index in [0.717, 1.165) is 22.6 Å². The zero-order valence-corrected chi connectivity index (χ0v) is 15.5. The molecule has 0 bridgehead atoms. The van der Waals surface area contributed by atoms with Crippen molar-refractivity contribution in [3.05, 3.63) is 96.1 Å². The van der Waals surface area contributed by atoms with Crippen molar-refractivity contribution in [1.82, 2.24) is 5.32 Å². The molecule has 0 radical (unpaired) electrons. The zero-order chi connectivity index (χ0) is 18.9. The Morgan fingerprint density at radius 3 is 2.22 bits per heavy atom. The Labute approximate surface area is 160 Å². The highest BCUT2D eigenvalue weighted by molar-refractivity contribution is 5.94. The van der Waals surface area contributed by atoms with Gasteiger partial charge in [0.1, 0.15) is 5.75 Å². The molecular formula is C23H24N2O2. The highest BCUT2D eigenvalue weighted by Gasteiger charge is 2.16. The maximum atomic E-state index is 12.9. The van der Waals surface area contributed by atoms with Crippen LogP contribution in [0.4, 0.5) is 5.69 Å². The van der Waals surface area contributed by atoms with Gasteiger partial charge in [-0.05, 0) is 23.8 Å². The number of carbonyl (C=O) groups is 1. The fourth-order valence-electron chi connectivity index (χ4n) is 2.95. The van der Waals surface area contributed by atoms with E-state index in [0.29, 0.717) is 13.1 Å². The molecule has 0 aliphatic carbocycles. The van der Waals surface area contributed by atoms with Crippen LogP contribution in [0.25, 0.3) is 0 Å². The summed E-state index contributed by atoms with van der Waals surface area (Å²) in [5, 5.41) is 3.24. The summed E-state index contributed by atoms with van der Waals surface area (Å²) >= 11 is 0. The molecule has 3 rings (SSSR count). The van der Waals surface area contributed by atoms with Crippen molar-refractivity contribution >= 4 is 11.6 Å². The average molecular weight is 360 g/mol. The lowest BCUT2D eigenvalue weighted by Crippen LogP contribution is -2.37. The summed E-state index contributed by atoms with van der Waals surface area (Å²) in [7, 11) is 1.65. The first-order chi connectivity index (χ1) is 13.3. The maximum absolute atomic E-state index is 12.9. The van der Waals surface area contributed by atoms with Gasteiger partial charge in [0.25, 0.3) is 0 Å². The molecule has 0 saturated heterocycles. The van der Waals surface area contributed by atoms with Gasteiger partial charge in [0, 0.05) is 17.8 Å². The Morgan fingerprint density at radius 2 is 1.52 bits per heavy atom. The lowest BCUT2D eigenvalue weighted by atomic mass is 10.2. The lowest BCUT2D eigenvalue weighted by molar-refractivity contribution is -0.118. The van der Waals surface area contributed by atoms with E-state index in [1.54, 1.807) is 7.11 Å². The standard InChI is InChI=1S/C23H24N2O2/c1-27-22-15-9-8-12-20(22)16-24-17-23(26)25(21-13-6-3-7-14-21)18-19-10-4-2-5-11-19/h2-15,24H,16-18H2,1H3. The van der Waals surface area contributed by atoms with Gasteiger partial charge in [0.15, 0.2) is 0 Å². The van der Waals surface area contributed by atoms with E-state index < -0.39 is 0 Å². The maximum Gasteiger partial charge on any atom is 0.241 e. The normalized spacial score (nSPS) is 10.4. The van der Waals surface area contributed by atoms with E-state index in [1.165, 1.54) is 0 Å². The van der Waals surface area contributed by atoms with Crippen LogP contribution in [-0.2, 0) is 17.9 Å². The molecule has 0 atom stereocenters. The minimum Gasteiger partial charge on any atom is -0.496 e. The Kier molecular flexibility index (Phi) is 6.61. The number of benzene rings is 3. The van der Waals surface area contributed by atoms with E-state index in [2.05, 4.69) is 5.32 Å². The Hall–Kier alpha value is -3.11. The van der Waals surface area contributed by atoms with Gasteiger partial charge in [0.2, 0.25) is 5.91 Å². The number of hydrogen-bond donors (Lipinski definition) is 1. The number of anilines is 1. The van der Waals surface area contributed by atoms with Crippen LogP contribution in [0.2, 0.25) is 0 Å². The van der Waals surface area contributed by atoms with Gasteiger partial charge in [-0.15, -0.1) is 0 Å². The summed E-state index contributed by atoms with van der Waals surface area (Å²) in [6.07, 6.45) is 0. The van der Waals surface area contributed by atoms with Crippen molar-refractivity contribution in [1.29, 1.82) is 0 Å². The van der Waals surface area contributed by atoms with Gasteiger partial charge < -0.3 is 15.0 Å². The predicted octanol–water partition coefficient (Wildman–Crippen LogP) is 4.02. The molecule has 4 nitrogen and oxygen atoms in total. The molecule has 1 N–H and O–H groups in total. The third-order valence-corrected chi connectivity index (χ3v) is 4.34. The van der Waals surface area contributed by atoms with E-state index in [-0.39, 0.29) is 12.5 Å². The molecular weight excluding hydrogens is 336 g/mol. The third-order valence-electron chi connectivity index (χ3n) is 4.34. The van der Waals surface area contributed by atoms with Crippen molar-refractivity contribution in [3.8, 4) is 5.75 Å². The van der Waals surface area contributed by atoms with Crippen LogP contribution < -0.4 is 15.0 Å². The van der Waals surface area contributed by atoms with Crippen molar-refractivity contribution in [2.45, 2.75) is 13.1 Å². The molecule has 0 fully saturated rings. The van der Waals surface area contributed by atoms with Crippen molar-refractivity contribution in [3.63, 3.8) is 0 Å². The number of rotatable bonds is 8. The number of para-hydroxylation sites is 2. The van der Waals surface area contributed by atoms with Gasteiger partial charge in [-0.1, -0.05) is 66.7 Å². The van der Waals surface area contributed by atoms with Crippen LogP contribution in [0.5, 0.6) is 5.75 Å². The molecule has 3 aromatic carbocycles. The molecule has 27 heavy (non-hydrogen) atoms. The summed E-state index contributed by atoms with van der Waals surface area (Å²) < 4.78 is 5.36. The number of nitrogens with zero attached hydrogens (tertiary/aromatic N) is 1. The topological polar surface area (TPSA) is 41.6 Å². The third kappa shape index (κ3) is 5.19. The van der Waals surface area contributed by atoms with Crippen molar-refractivity contribution in [2.75, 3.05) is 18.6 Å². The molecule has 1 amide bonds. The highest BCUT2D eigenvalue weighted by Crippen LogP contribution is 2.18. The second-order valence-corrected chi connectivity index (χ2v) is 6.22. The first-order valence-electron chi connectivity index (χ1n) is 9.00. The molecule has 0 aliphatic rings. The highest BCUT2D eigenvalue weighted by atomic mass is 16.5. The first kappa shape index (κ1) is 18.7. The van der Waals surface area contributed by atoms with Crippen LogP contribution in [0.15, 0.2) is 84.9 Å². The van der Waals surface area contributed by atoms with Crippen LogP contribution in [0, 0.1) is 0 Å². The van der Waals surface area contributed by atoms with E-state index in [4.69, 9.17) is 4.74 Å². The summed E-state index contributed by atoms with van der Waals surface area (Å²) in [4.78, 5) is 14.7. The van der Waals surface area contributed by atoms with Crippen LogP contribution in [-0.4, -0.2) is 19.6 Å².